The number of nitrogens with zero attached hydrogens (tertiary/aromatic N) is 4. The Morgan fingerprint density at radius 2 is 1.77 bits per heavy atom. The predicted molar refractivity (Wildman–Crippen MR) is 118 cm³/mol. The van der Waals surface area contributed by atoms with Crippen molar-refractivity contribution in [2.75, 3.05) is 0 Å². The summed E-state index contributed by atoms with van der Waals surface area (Å²) < 4.78 is 7.20. The zero-order valence-corrected chi connectivity index (χ0v) is 17.9. The summed E-state index contributed by atoms with van der Waals surface area (Å²) in [5.74, 6) is 0.923. The van der Waals surface area contributed by atoms with Crippen molar-refractivity contribution in [2.45, 2.75) is 40.2 Å². The molecule has 0 aliphatic carbocycles. The summed E-state index contributed by atoms with van der Waals surface area (Å²) in [7, 11) is 0. The summed E-state index contributed by atoms with van der Waals surface area (Å²) in [6.45, 7) is 6.43. The van der Waals surface area contributed by atoms with Gasteiger partial charge in [0.25, 0.3) is 0 Å². The van der Waals surface area contributed by atoms with Crippen LogP contribution in [0.5, 0.6) is 0 Å². The van der Waals surface area contributed by atoms with Crippen molar-refractivity contribution in [3.63, 3.8) is 0 Å². The van der Waals surface area contributed by atoms with E-state index < -0.39 is 0 Å². The van der Waals surface area contributed by atoms with Gasteiger partial charge in [-0.15, -0.1) is 0 Å². The molecule has 2 aromatic carbocycles. The van der Waals surface area contributed by atoms with Gasteiger partial charge in [-0.25, -0.2) is 4.68 Å². The van der Waals surface area contributed by atoms with Crippen LogP contribution in [0.3, 0.4) is 0 Å². The number of nitrogens with one attached hydrogen (secondary N) is 1. The lowest BCUT2D eigenvalue weighted by atomic mass is 10.1. The smallest absolute Gasteiger partial charge is 0.227 e. The largest absolute Gasteiger partial charge is 0.352 e. The van der Waals surface area contributed by atoms with Gasteiger partial charge in [0.2, 0.25) is 17.6 Å². The summed E-state index contributed by atoms with van der Waals surface area (Å²) in [4.78, 5) is 16.8. The van der Waals surface area contributed by atoms with E-state index in [2.05, 4.69) is 20.6 Å². The average Bonchev–Trinajstić information content (AvgIpc) is 3.36. The molecule has 7 heteroatoms. The summed E-state index contributed by atoms with van der Waals surface area (Å²) in [5, 5.41) is 11.6. The zero-order valence-electron chi connectivity index (χ0n) is 17.9. The number of hydrogen-bond acceptors (Lipinski definition) is 5. The second-order valence-corrected chi connectivity index (χ2v) is 7.55. The first-order valence-corrected chi connectivity index (χ1v) is 10.3. The highest BCUT2D eigenvalue weighted by molar-refractivity contribution is 5.76. The number of aromatic nitrogens is 4. The SMILES string of the molecule is Cc1ccc(-c2noc(CCC(=O)NCc3c(C)nn(-c4ccccc4)c3C)n2)cc1. The predicted octanol–water partition coefficient (Wildman–Crippen LogP) is 4.10. The third-order valence-electron chi connectivity index (χ3n) is 5.25. The van der Waals surface area contributed by atoms with Crippen molar-refractivity contribution in [3.8, 4) is 17.1 Å². The quantitative estimate of drug-likeness (QED) is 0.491. The molecule has 0 fully saturated rings. The summed E-state index contributed by atoms with van der Waals surface area (Å²) in [6.07, 6.45) is 0.673. The first kappa shape index (κ1) is 20.5. The van der Waals surface area contributed by atoms with Crippen molar-refractivity contribution < 1.29 is 9.32 Å². The number of carbonyl (C=O) groups is 1. The normalized spacial score (nSPS) is 10.9. The van der Waals surface area contributed by atoms with Gasteiger partial charge in [-0.2, -0.15) is 10.1 Å². The van der Waals surface area contributed by atoms with Crippen LogP contribution in [0.15, 0.2) is 59.1 Å². The average molecular weight is 415 g/mol. The van der Waals surface area contributed by atoms with E-state index in [1.165, 1.54) is 5.56 Å². The zero-order chi connectivity index (χ0) is 21.8. The van der Waals surface area contributed by atoms with Crippen molar-refractivity contribution in [2.24, 2.45) is 0 Å². The van der Waals surface area contributed by atoms with E-state index in [1.54, 1.807) is 0 Å². The lowest BCUT2D eigenvalue weighted by molar-refractivity contribution is -0.121. The van der Waals surface area contributed by atoms with Crippen LogP contribution in [0, 0.1) is 20.8 Å². The molecular weight excluding hydrogens is 390 g/mol. The molecule has 0 radical (unpaired) electrons. The number of hydrogen-bond donors (Lipinski definition) is 1. The molecule has 0 atom stereocenters. The van der Waals surface area contributed by atoms with E-state index in [4.69, 9.17) is 4.52 Å². The molecule has 4 rings (SSSR count). The fraction of sp³-hybridized carbons (Fsp3) is 0.250. The maximum Gasteiger partial charge on any atom is 0.227 e. The highest BCUT2D eigenvalue weighted by Gasteiger charge is 2.15. The molecule has 31 heavy (non-hydrogen) atoms. The highest BCUT2D eigenvalue weighted by atomic mass is 16.5. The first-order chi connectivity index (χ1) is 15.0. The third-order valence-corrected chi connectivity index (χ3v) is 5.25. The number of rotatable bonds is 7. The van der Waals surface area contributed by atoms with Crippen molar-refractivity contribution in [3.05, 3.63) is 83.0 Å². The Bertz CT molecular complexity index is 1180. The number of aryl methyl sites for hydroxylation is 3. The van der Waals surface area contributed by atoms with Gasteiger partial charge in [0.05, 0.1) is 11.4 Å². The minimum absolute atomic E-state index is 0.0682. The molecule has 0 saturated carbocycles. The lowest BCUT2D eigenvalue weighted by Crippen LogP contribution is -2.23. The molecule has 1 N–H and O–H groups in total. The second-order valence-electron chi connectivity index (χ2n) is 7.55. The molecule has 0 saturated heterocycles. The Balaban J connectivity index is 1.33. The summed E-state index contributed by atoms with van der Waals surface area (Å²) >= 11 is 0. The Kier molecular flexibility index (Phi) is 5.93. The van der Waals surface area contributed by atoms with E-state index in [0.29, 0.717) is 24.7 Å². The number of para-hydroxylation sites is 1. The van der Waals surface area contributed by atoms with Crippen LogP contribution in [-0.4, -0.2) is 25.8 Å². The minimum atomic E-state index is -0.0682. The number of amides is 1. The van der Waals surface area contributed by atoms with Crippen molar-refractivity contribution >= 4 is 5.91 Å². The van der Waals surface area contributed by atoms with Gasteiger partial charge in [-0.05, 0) is 32.9 Å². The number of carbonyl (C=O) groups excluding carboxylic acids is 1. The highest BCUT2D eigenvalue weighted by Crippen LogP contribution is 2.18. The van der Waals surface area contributed by atoms with Gasteiger partial charge in [0.1, 0.15) is 0 Å². The van der Waals surface area contributed by atoms with Gasteiger partial charge >= 0.3 is 0 Å². The Morgan fingerprint density at radius 3 is 2.52 bits per heavy atom. The van der Waals surface area contributed by atoms with Gasteiger partial charge in [0.15, 0.2) is 0 Å². The Morgan fingerprint density at radius 1 is 1.03 bits per heavy atom. The van der Waals surface area contributed by atoms with E-state index in [9.17, 15) is 4.79 Å². The molecule has 0 spiro atoms. The van der Waals surface area contributed by atoms with E-state index in [-0.39, 0.29) is 12.3 Å². The van der Waals surface area contributed by atoms with Crippen LogP contribution < -0.4 is 5.32 Å². The molecule has 1 amide bonds. The van der Waals surface area contributed by atoms with E-state index in [0.717, 1.165) is 28.2 Å². The van der Waals surface area contributed by atoms with Gasteiger partial charge in [-0.3, -0.25) is 4.79 Å². The molecule has 0 aliphatic rings. The molecule has 0 bridgehead atoms. The van der Waals surface area contributed by atoms with Gasteiger partial charge in [0, 0.05) is 36.2 Å². The summed E-state index contributed by atoms with van der Waals surface area (Å²) in [6, 6.07) is 17.9. The molecule has 4 aromatic rings. The molecule has 2 aromatic heterocycles. The lowest BCUT2D eigenvalue weighted by Gasteiger charge is -2.07. The van der Waals surface area contributed by atoms with Crippen LogP contribution in [0.1, 0.15) is 34.8 Å². The van der Waals surface area contributed by atoms with Crippen molar-refractivity contribution in [1.82, 2.24) is 25.2 Å². The maximum atomic E-state index is 12.4. The standard InChI is InChI=1S/C24H25N5O2/c1-16-9-11-19(12-10-16)24-26-23(31-28-24)14-13-22(30)25-15-21-17(2)27-29(18(21)3)20-7-5-4-6-8-20/h4-12H,13-15H2,1-3H3,(H,25,30). The minimum Gasteiger partial charge on any atom is -0.352 e. The fourth-order valence-electron chi connectivity index (χ4n) is 3.42. The molecule has 158 valence electrons. The monoisotopic (exact) mass is 415 g/mol. The van der Waals surface area contributed by atoms with E-state index >= 15 is 0 Å². The van der Waals surface area contributed by atoms with Crippen LogP contribution in [0.4, 0.5) is 0 Å². The molecule has 0 unspecified atom stereocenters. The first-order valence-electron chi connectivity index (χ1n) is 10.3. The van der Waals surface area contributed by atoms with Crippen LogP contribution in [0.2, 0.25) is 0 Å². The van der Waals surface area contributed by atoms with Gasteiger partial charge in [-0.1, -0.05) is 53.2 Å². The van der Waals surface area contributed by atoms with Gasteiger partial charge < -0.3 is 9.84 Å². The molecule has 2 heterocycles. The molecular formula is C24H25N5O2. The van der Waals surface area contributed by atoms with Crippen LogP contribution >= 0.6 is 0 Å². The third kappa shape index (κ3) is 4.71. The molecule has 7 nitrogen and oxygen atoms in total. The number of benzene rings is 2. The molecule has 0 aliphatic heterocycles. The Hall–Kier alpha value is -3.74. The second kappa shape index (κ2) is 8.95. The van der Waals surface area contributed by atoms with Crippen molar-refractivity contribution in [1.29, 1.82) is 0 Å². The Labute approximate surface area is 181 Å². The maximum absolute atomic E-state index is 12.4. The topological polar surface area (TPSA) is 85.8 Å². The fourth-order valence-corrected chi connectivity index (χ4v) is 3.42. The van der Waals surface area contributed by atoms with E-state index in [1.807, 2.05) is 80.1 Å². The van der Waals surface area contributed by atoms with Crippen LogP contribution in [-0.2, 0) is 17.8 Å². The van der Waals surface area contributed by atoms with Crippen LogP contribution in [0.25, 0.3) is 17.1 Å². The summed E-state index contributed by atoms with van der Waals surface area (Å²) in [5.41, 5.74) is 6.01.